The van der Waals surface area contributed by atoms with Gasteiger partial charge in [0.15, 0.2) is 0 Å². The summed E-state index contributed by atoms with van der Waals surface area (Å²) < 4.78 is 0.869. The lowest BCUT2D eigenvalue weighted by Gasteiger charge is -2.13. The molecule has 4 heteroatoms. The van der Waals surface area contributed by atoms with Gasteiger partial charge in [0.2, 0.25) is 0 Å². The van der Waals surface area contributed by atoms with Gasteiger partial charge in [-0.05, 0) is 36.8 Å². The molecule has 1 N–H and O–H groups in total. The molecule has 1 saturated carbocycles. The number of halogens is 2. The molecular formula is C11H15Cl2NS. The lowest BCUT2D eigenvalue weighted by atomic mass is 10.0. The highest BCUT2D eigenvalue weighted by molar-refractivity contribution is 7.16. The second-order valence-corrected chi connectivity index (χ2v) is 6.43. The molecule has 1 aliphatic rings. The van der Waals surface area contributed by atoms with E-state index in [-0.39, 0.29) is 0 Å². The normalized spacial score (nSPS) is 18.0. The van der Waals surface area contributed by atoms with E-state index in [1.807, 2.05) is 6.07 Å². The molecule has 0 amide bonds. The van der Waals surface area contributed by atoms with Crippen molar-refractivity contribution < 1.29 is 0 Å². The third kappa shape index (κ3) is 3.35. The van der Waals surface area contributed by atoms with Gasteiger partial charge in [0.25, 0.3) is 0 Å². The monoisotopic (exact) mass is 263 g/mol. The third-order valence-corrected chi connectivity index (χ3v) is 4.43. The van der Waals surface area contributed by atoms with Gasteiger partial charge in [-0.25, -0.2) is 0 Å². The zero-order chi connectivity index (χ0) is 10.7. The fraction of sp³-hybridized carbons (Fsp3) is 0.636. The minimum atomic E-state index is 0.517. The van der Waals surface area contributed by atoms with E-state index in [1.54, 1.807) is 11.3 Å². The summed E-state index contributed by atoms with van der Waals surface area (Å²) in [6.45, 7) is 2.02. The van der Waals surface area contributed by atoms with Crippen molar-refractivity contribution in [3.8, 4) is 0 Å². The van der Waals surface area contributed by atoms with Gasteiger partial charge in [-0.3, -0.25) is 0 Å². The molecule has 0 saturated heterocycles. The highest BCUT2D eigenvalue weighted by Gasteiger charge is 2.40. The molecule has 1 aromatic rings. The van der Waals surface area contributed by atoms with Crippen LogP contribution in [0, 0.1) is 5.41 Å². The Balaban J connectivity index is 1.71. The van der Waals surface area contributed by atoms with Crippen LogP contribution >= 0.6 is 34.5 Å². The van der Waals surface area contributed by atoms with Crippen LogP contribution in [0.2, 0.25) is 4.34 Å². The number of rotatable bonds is 6. The first-order chi connectivity index (χ1) is 7.24. The van der Waals surface area contributed by atoms with Gasteiger partial charge in [-0.15, -0.1) is 22.9 Å². The van der Waals surface area contributed by atoms with E-state index in [0.29, 0.717) is 5.41 Å². The minimum Gasteiger partial charge on any atom is -0.311 e. The summed E-state index contributed by atoms with van der Waals surface area (Å²) in [5.41, 5.74) is 0.517. The number of alkyl halides is 1. The molecule has 1 aliphatic carbocycles. The van der Waals surface area contributed by atoms with Crippen molar-refractivity contribution in [3.63, 3.8) is 0 Å². The topological polar surface area (TPSA) is 12.0 Å². The number of hydrogen-bond donors (Lipinski definition) is 1. The second-order valence-electron chi connectivity index (χ2n) is 4.25. The Hall–Kier alpha value is 0.240. The van der Waals surface area contributed by atoms with E-state index in [1.165, 1.54) is 17.7 Å². The molecule has 0 spiro atoms. The molecule has 0 aliphatic heterocycles. The molecule has 0 aromatic carbocycles. The molecule has 0 radical (unpaired) electrons. The summed E-state index contributed by atoms with van der Waals surface area (Å²) in [7, 11) is 0. The molecule has 1 nitrogen and oxygen atoms in total. The highest BCUT2D eigenvalue weighted by Crippen LogP contribution is 2.48. The molecule has 0 unspecified atom stereocenters. The van der Waals surface area contributed by atoms with Crippen LogP contribution in [0.1, 0.15) is 24.1 Å². The predicted molar refractivity (Wildman–Crippen MR) is 68.0 cm³/mol. The van der Waals surface area contributed by atoms with Crippen LogP contribution in [0.4, 0.5) is 0 Å². The van der Waals surface area contributed by atoms with E-state index in [9.17, 15) is 0 Å². The van der Waals surface area contributed by atoms with E-state index in [0.717, 1.165) is 29.7 Å². The standard InChI is InChI=1S/C11H15Cl2NS/c12-6-5-11(3-4-11)8-14-7-9-1-2-10(13)15-9/h1-2,14H,3-8H2. The summed E-state index contributed by atoms with van der Waals surface area (Å²) in [5.74, 6) is 0.784. The van der Waals surface area contributed by atoms with Crippen molar-refractivity contribution in [2.24, 2.45) is 5.41 Å². The Morgan fingerprint density at radius 1 is 1.40 bits per heavy atom. The highest BCUT2D eigenvalue weighted by atomic mass is 35.5. The zero-order valence-corrected chi connectivity index (χ0v) is 10.9. The maximum Gasteiger partial charge on any atom is 0.0931 e. The van der Waals surface area contributed by atoms with Crippen LogP contribution in [0.5, 0.6) is 0 Å². The van der Waals surface area contributed by atoms with Crippen LogP contribution in [-0.4, -0.2) is 12.4 Å². The predicted octanol–water partition coefficient (Wildman–Crippen LogP) is 3.90. The molecule has 1 aromatic heterocycles. The van der Waals surface area contributed by atoms with Gasteiger partial charge in [0, 0.05) is 23.8 Å². The minimum absolute atomic E-state index is 0.517. The Labute approximate surface area is 105 Å². The van der Waals surface area contributed by atoms with E-state index in [4.69, 9.17) is 23.2 Å². The van der Waals surface area contributed by atoms with Crippen LogP contribution in [0.25, 0.3) is 0 Å². The molecular weight excluding hydrogens is 249 g/mol. The second kappa shape index (κ2) is 5.05. The van der Waals surface area contributed by atoms with Crippen molar-refractivity contribution in [1.82, 2.24) is 5.32 Å². The lowest BCUT2D eigenvalue weighted by molar-refractivity contribution is 0.447. The van der Waals surface area contributed by atoms with Gasteiger partial charge < -0.3 is 5.32 Å². The van der Waals surface area contributed by atoms with Crippen molar-refractivity contribution in [1.29, 1.82) is 0 Å². The first-order valence-electron chi connectivity index (χ1n) is 5.25. The molecule has 84 valence electrons. The van der Waals surface area contributed by atoms with E-state index < -0.39 is 0 Å². The molecule has 1 heterocycles. The van der Waals surface area contributed by atoms with Gasteiger partial charge in [0.1, 0.15) is 0 Å². The number of thiophene rings is 1. The number of hydrogen-bond acceptors (Lipinski definition) is 2. The van der Waals surface area contributed by atoms with Gasteiger partial charge >= 0.3 is 0 Å². The Morgan fingerprint density at radius 3 is 2.73 bits per heavy atom. The van der Waals surface area contributed by atoms with Crippen LogP contribution in [-0.2, 0) is 6.54 Å². The Bertz CT molecular complexity index is 320. The first-order valence-corrected chi connectivity index (χ1v) is 6.98. The fourth-order valence-corrected chi connectivity index (χ4v) is 3.25. The SMILES string of the molecule is ClCCC1(CNCc2ccc(Cl)s2)CC1. The van der Waals surface area contributed by atoms with Crippen molar-refractivity contribution in [2.75, 3.05) is 12.4 Å². The van der Waals surface area contributed by atoms with Gasteiger partial charge in [-0.1, -0.05) is 11.6 Å². The molecule has 0 bridgehead atoms. The lowest BCUT2D eigenvalue weighted by Crippen LogP contribution is -2.23. The van der Waals surface area contributed by atoms with Gasteiger partial charge in [0.05, 0.1) is 4.34 Å². The average Bonchev–Trinajstić information content (AvgIpc) is 2.83. The molecule has 1 fully saturated rings. The summed E-state index contributed by atoms with van der Waals surface area (Å²) in [6, 6.07) is 4.04. The summed E-state index contributed by atoms with van der Waals surface area (Å²) in [4.78, 5) is 1.31. The Kier molecular flexibility index (Phi) is 3.94. The van der Waals surface area contributed by atoms with Crippen LogP contribution < -0.4 is 5.32 Å². The van der Waals surface area contributed by atoms with E-state index in [2.05, 4.69) is 11.4 Å². The van der Waals surface area contributed by atoms with Crippen LogP contribution in [0.15, 0.2) is 12.1 Å². The fourth-order valence-electron chi connectivity index (χ4n) is 1.79. The average molecular weight is 264 g/mol. The van der Waals surface area contributed by atoms with Crippen LogP contribution in [0.3, 0.4) is 0 Å². The zero-order valence-electron chi connectivity index (χ0n) is 8.56. The summed E-state index contributed by atoms with van der Waals surface area (Å²) >= 11 is 13.3. The Morgan fingerprint density at radius 2 is 2.20 bits per heavy atom. The number of nitrogens with one attached hydrogen (secondary N) is 1. The molecule has 15 heavy (non-hydrogen) atoms. The van der Waals surface area contributed by atoms with Gasteiger partial charge in [-0.2, -0.15) is 0 Å². The quantitative estimate of drug-likeness (QED) is 0.768. The van der Waals surface area contributed by atoms with E-state index >= 15 is 0 Å². The molecule has 0 atom stereocenters. The maximum absolute atomic E-state index is 5.86. The van der Waals surface area contributed by atoms with Crippen molar-refractivity contribution >= 4 is 34.5 Å². The third-order valence-electron chi connectivity index (χ3n) is 3.01. The largest absolute Gasteiger partial charge is 0.311 e. The van der Waals surface area contributed by atoms with Crippen molar-refractivity contribution in [2.45, 2.75) is 25.8 Å². The summed E-state index contributed by atoms with van der Waals surface area (Å²) in [6.07, 6.45) is 3.81. The van der Waals surface area contributed by atoms with Crippen molar-refractivity contribution in [3.05, 3.63) is 21.3 Å². The maximum atomic E-state index is 5.86. The smallest absolute Gasteiger partial charge is 0.0931 e. The molecule has 2 rings (SSSR count). The summed E-state index contributed by atoms with van der Waals surface area (Å²) in [5, 5.41) is 3.50. The first kappa shape index (κ1) is 11.7.